The van der Waals surface area contributed by atoms with Crippen LogP contribution in [0.4, 0.5) is 0 Å². The minimum Gasteiger partial charge on any atom is -0.354 e. The number of rotatable bonds is 5. The van der Waals surface area contributed by atoms with Crippen LogP contribution in [0.2, 0.25) is 0 Å². The van der Waals surface area contributed by atoms with E-state index in [9.17, 15) is 9.59 Å². The molecule has 2 aliphatic rings. The van der Waals surface area contributed by atoms with E-state index in [1.54, 1.807) is 6.08 Å². The summed E-state index contributed by atoms with van der Waals surface area (Å²) in [6, 6.07) is 27.9. The molecule has 43 heavy (non-hydrogen) atoms. The van der Waals surface area contributed by atoms with E-state index in [1.165, 1.54) is 6.92 Å². The molecule has 0 atom stereocenters. The molecule has 0 unspecified atom stereocenters. The Morgan fingerprint density at radius 2 is 1.02 bits per heavy atom. The van der Waals surface area contributed by atoms with Crippen LogP contribution in [-0.4, -0.2) is 32.0 Å². The van der Waals surface area contributed by atoms with Crippen molar-refractivity contribution >= 4 is 64.5 Å². The number of allylic oxidation sites excluding steroid dienone is 1. The standard InChI is InChI=1S/C37H26N4O2/c1-23(43)12-13-26-28-14-18-32(38-28)36(24-8-4-2-5-9-24)34-20-16-30(40-34)27(22-42)31-17-21-35(41-31)37(25-10-6-3-7-11-25)33-19-15-29(26)39-33/h2-22,38,41H,1H3/b13-12+,28-26?,29-26?,30-27?,31-27?,36-32?,36-34?,37-33?,37-35?. The van der Waals surface area contributed by atoms with Crippen LogP contribution in [0.25, 0.3) is 74.7 Å². The summed E-state index contributed by atoms with van der Waals surface area (Å²) in [5.74, 6) is -0.0547. The number of fused-ring (bicyclic) bond motifs is 8. The quantitative estimate of drug-likeness (QED) is 0.164. The molecule has 7 rings (SSSR count). The van der Waals surface area contributed by atoms with Crippen molar-refractivity contribution in [2.24, 2.45) is 0 Å². The average Bonchev–Trinajstić information content (AvgIpc) is 3.85. The Morgan fingerprint density at radius 1 is 0.581 bits per heavy atom. The van der Waals surface area contributed by atoms with Crippen LogP contribution < -0.4 is 0 Å². The number of carbonyl (C=O) groups is 2. The van der Waals surface area contributed by atoms with Gasteiger partial charge in [-0.3, -0.25) is 9.59 Å². The maximum atomic E-state index is 12.5. The monoisotopic (exact) mass is 558 g/mol. The van der Waals surface area contributed by atoms with Crippen LogP contribution in [0.1, 0.15) is 45.6 Å². The van der Waals surface area contributed by atoms with E-state index in [4.69, 9.17) is 9.97 Å². The SMILES string of the molecule is CC(=O)/C=C/c1c2nc(c(-c3ccccc3)c3ccc([nH]3)c(C=O)c3nc(c(-c4ccccc4)c4ccc1[nH]4)C=C3)C=C2. The number of nitrogens with one attached hydrogen (secondary N) is 2. The molecule has 0 spiro atoms. The van der Waals surface area contributed by atoms with Crippen molar-refractivity contribution in [3.63, 3.8) is 0 Å². The van der Waals surface area contributed by atoms with Gasteiger partial charge in [-0.05, 0) is 78.8 Å². The van der Waals surface area contributed by atoms with Gasteiger partial charge in [0.25, 0.3) is 0 Å². The first-order chi connectivity index (χ1) is 21.1. The molecule has 5 heterocycles. The lowest BCUT2D eigenvalue weighted by molar-refractivity contribution is -0.112. The summed E-state index contributed by atoms with van der Waals surface area (Å²) in [6.45, 7) is 1.53. The summed E-state index contributed by atoms with van der Waals surface area (Å²) in [5.41, 5.74) is 11.0. The maximum Gasteiger partial charge on any atom is 0.154 e. The van der Waals surface area contributed by atoms with Crippen LogP contribution in [0.5, 0.6) is 0 Å². The van der Waals surface area contributed by atoms with Gasteiger partial charge < -0.3 is 9.97 Å². The molecule has 0 fully saturated rings. The molecule has 6 heteroatoms. The molecule has 0 amide bonds. The van der Waals surface area contributed by atoms with E-state index in [-0.39, 0.29) is 5.78 Å². The van der Waals surface area contributed by atoms with E-state index in [2.05, 4.69) is 9.97 Å². The third-order valence-corrected chi connectivity index (χ3v) is 7.56. The zero-order valence-corrected chi connectivity index (χ0v) is 23.3. The first kappa shape index (κ1) is 26.0. The Morgan fingerprint density at radius 3 is 1.51 bits per heavy atom. The molecule has 0 saturated carbocycles. The van der Waals surface area contributed by atoms with Gasteiger partial charge in [0.2, 0.25) is 0 Å². The highest BCUT2D eigenvalue weighted by Crippen LogP contribution is 2.34. The van der Waals surface area contributed by atoms with E-state index < -0.39 is 0 Å². The van der Waals surface area contributed by atoms with Crippen LogP contribution in [0.3, 0.4) is 0 Å². The second-order valence-corrected chi connectivity index (χ2v) is 10.4. The summed E-state index contributed by atoms with van der Waals surface area (Å²) in [5, 5.41) is 0. The third-order valence-electron chi connectivity index (χ3n) is 7.56. The summed E-state index contributed by atoms with van der Waals surface area (Å²) in [7, 11) is 0. The minimum absolute atomic E-state index is 0.0547. The van der Waals surface area contributed by atoms with Gasteiger partial charge in [0.1, 0.15) is 0 Å². The number of nitrogens with zero attached hydrogens (tertiary/aromatic N) is 2. The van der Waals surface area contributed by atoms with Crippen molar-refractivity contribution in [3.8, 4) is 22.3 Å². The number of H-pyrrole nitrogens is 2. The van der Waals surface area contributed by atoms with Crippen molar-refractivity contribution < 1.29 is 9.59 Å². The van der Waals surface area contributed by atoms with Crippen LogP contribution >= 0.6 is 0 Å². The molecular formula is C37H26N4O2. The van der Waals surface area contributed by atoms with Gasteiger partial charge in [0, 0.05) is 33.2 Å². The highest BCUT2D eigenvalue weighted by atomic mass is 16.1. The zero-order chi connectivity index (χ0) is 29.3. The first-order valence-electron chi connectivity index (χ1n) is 14.0. The van der Waals surface area contributed by atoms with Crippen LogP contribution in [0, 0.1) is 0 Å². The molecule has 0 radical (unpaired) electrons. The lowest BCUT2D eigenvalue weighted by Crippen LogP contribution is -1.90. The highest BCUT2D eigenvalue weighted by Gasteiger charge is 2.16. The Bertz CT molecular complexity index is 2130. The summed E-state index contributed by atoms with van der Waals surface area (Å²) < 4.78 is 0. The lowest BCUT2D eigenvalue weighted by atomic mass is 10.0. The van der Waals surface area contributed by atoms with Crippen LogP contribution in [-0.2, 0) is 4.79 Å². The highest BCUT2D eigenvalue weighted by molar-refractivity contribution is 5.99. The van der Waals surface area contributed by atoms with E-state index >= 15 is 0 Å². The second kappa shape index (κ2) is 10.8. The molecule has 0 saturated heterocycles. The predicted octanol–water partition coefficient (Wildman–Crippen LogP) is 8.40. The van der Waals surface area contributed by atoms with Crippen molar-refractivity contribution in [1.82, 2.24) is 19.9 Å². The molecule has 2 aliphatic heterocycles. The summed E-state index contributed by atoms with van der Waals surface area (Å²) in [6.07, 6.45) is 12.0. The number of carbonyl (C=O) groups excluding carboxylic acids is 2. The third kappa shape index (κ3) is 4.85. The van der Waals surface area contributed by atoms with Gasteiger partial charge in [-0.15, -0.1) is 0 Å². The normalized spacial score (nSPS) is 12.2. The molecule has 3 aromatic heterocycles. The Labute approximate surface area is 247 Å². The average molecular weight is 559 g/mol. The molecule has 206 valence electrons. The minimum atomic E-state index is -0.0547. The Balaban J connectivity index is 1.67. The molecule has 2 aromatic carbocycles. The van der Waals surface area contributed by atoms with Gasteiger partial charge in [0.15, 0.2) is 12.1 Å². The van der Waals surface area contributed by atoms with E-state index in [0.29, 0.717) is 16.8 Å². The number of aromatic nitrogens is 4. The molecule has 6 nitrogen and oxygen atoms in total. The van der Waals surface area contributed by atoms with Gasteiger partial charge >= 0.3 is 0 Å². The number of aldehydes is 1. The topological polar surface area (TPSA) is 91.5 Å². The van der Waals surface area contributed by atoms with Crippen molar-refractivity contribution in [2.75, 3.05) is 0 Å². The Kier molecular flexibility index (Phi) is 6.56. The smallest absolute Gasteiger partial charge is 0.154 e. The Hall–Kier alpha value is -5.88. The van der Waals surface area contributed by atoms with Crippen LogP contribution in [0.15, 0.2) is 91.0 Å². The molecule has 2 N–H and O–H groups in total. The van der Waals surface area contributed by atoms with E-state index in [0.717, 1.165) is 67.7 Å². The second-order valence-electron chi connectivity index (χ2n) is 10.4. The number of ketones is 1. The fraction of sp³-hybridized carbons (Fsp3) is 0.0270. The van der Waals surface area contributed by atoms with Gasteiger partial charge in [0.05, 0.1) is 33.9 Å². The van der Waals surface area contributed by atoms with Crippen molar-refractivity contribution in [3.05, 3.63) is 125 Å². The predicted molar refractivity (Wildman–Crippen MR) is 175 cm³/mol. The fourth-order valence-corrected chi connectivity index (χ4v) is 5.57. The van der Waals surface area contributed by atoms with Gasteiger partial charge in [-0.2, -0.15) is 0 Å². The molecule has 5 aromatic rings. The number of hydrogen-bond donors (Lipinski definition) is 2. The van der Waals surface area contributed by atoms with Gasteiger partial charge in [-0.1, -0.05) is 60.7 Å². The largest absolute Gasteiger partial charge is 0.354 e. The number of benzene rings is 2. The lowest BCUT2D eigenvalue weighted by Gasteiger charge is -2.04. The molecule has 8 bridgehead atoms. The maximum absolute atomic E-state index is 12.5. The zero-order valence-electron chi connectivity index (χ0n) is 23.3. The summed E-state index contributed by atoms with van der Waals surface area (Å²) >= 11 is 0. The first-order valence-corrected chi connectivity index (χ1v) is 14.0. The fourth-order valence-electron chi connectivity index (χ4n) is 5.57. The summed E-state index contributed by atoms with van der Waals surface area (Å²) in [4.78, 5) is 41.6. The van der Waals surface area contributed by atoms with Crippen molar-refractivity contribution in [2.45, 2.75) is 6.92 Å². The van der Waals surface area contributed by atoms with Crippen molar-refractivity contribution in [1.29, 1.82) is 0 Å². The number of hydrogen-bond acceptors (Lipinski definition) is 4. The number of aromatic amines is 2. The molecule has 0 aliphatic carbocycles. The van der Waals surface area contributed by atoms with E-state index in [1.807, 2.05) is 115 Å². The molecular weight excluding hydrogens is 532 g/mol. The van der Waals surface area contributed by atoms with Gasteiger partial charge in [-0.25, -0.2) is 9.97 Å².